The minimum Gasteiger partial charge on any atom is -0.308 e. The predicted octanol–water partition coefficient (Wildman–Crippen LogP) is 6.27. The van der Waals surface area contributed by atoms with Gasteiger partial charge in [0.25, 0.3) is 0 Å². The van der Waals surface area contributed by atoms with Gasteiger partial charge in [-0.3, -0.25) is 13.9 Å². The van der Waals surface area contributed by atoms with E-state index in [2.05, 4.69) is 20.8 Å². The number of hydrogen-bond donors (Lipinski definition) is 0. The second-order valence-electron chi connectivity index (χ2n) is 8.47. The standard InChI is InChI=1S/C20H40O7P2/c1-8-24-28(22,25-9-2)19(29(23,26-10-3)27-11-4)15-16-14-17(20(5,6)7)12-13-18(16)21/h16-17,19H,8-15H2,1-7H3/t16-,17-/m0/s1. The second-order valence-corrected chi connectivity index (χ2v) is 13.3. The molecule has 9 heteroatoms. The molecule has 1 aliphatic carbocycles. The Hall–Kier alpha value is -0.0300. The molecule has 1 fully saturated rings. The Morgan fingerprint density at radius 3 is 1.66 bits per heavy atom. The summed E-state index contributed by atoms with van der Waals surface area (Å²) in [6.45, 7) is 13.9. The normalized spacial score (nSPS) is 21.7. The Kier molecular flexibility index (Phi) is 10.8. The number of carbonyl (C=O) groups is 1. The first-order valence-corrected chi connectivity index (χ1v) is 14.0. The molecule has 0 N–H and O–H groups in total. The van der Waals surface area contributed by atoms with Crippen molar-refractivity contribution in [2.24, 2.45) is 17.3 Å². The zero-order valence-electron chi connectivity index (χ0n) is 19.1. The Morgan fingerprint density at radius 2 is 1.31 bits per heavy atom. The van der Waals surface area contributed by atoms with Gasteiger partial charge in [0, 0.05) is 12.3 Å². The maximum absolute atomic E-state index is 13.7. The summed E-state index contributed by atoms with van der Waals surface area (Å²) in [4.78, 5) is 12.7. The van der Waals surface area contributed by atoms with E-state index in [9.17, 15) is 13.9 Å². The maximum Gasteiger partial charge on any atom is 0.345 e. The molecule has 0 heterocycles. The second kappa shape index (κ2) is 11.5. The predicted molar refractivity (Wildman–Crippen MR) is 115 cm³/mol. The van der Waals surface area contributed by atoms with Crippen LogP contribution in [-0.2, 0) is 32.0 Å². The molecule has 1 rings (SSSR count). The Labute approximate surface area is 176 Å². The van der Waals surface area contributed by atoms with E-state index in [-0.39, 0.29) is 50.0 Å². The summed E-state index contributed by atoms with van der Waals surface area (Å²) in [6, 6.07) is 0. The SMILES string of the molecule is CCOP(=O)(OCC)C(C[C@@H]1C[C@@H](C(C)(C)C)CCC1=O)P(=O)(OCC)OCC. The van der Waals surface area contributed by atoms with Crippen LogP contribution in [0.5, 0.6) is 0 Å². The van der Waals surface area contributed by atoms with Crippen molar-refractivity contribution in [2.45, 2.75) is 79.5 Å². The van der Waals surface area contributed by atoms with Crippen molar-refractivity contribution >= 4 is 21.0 Å². The molecule has 0 saturated heterocycles. The average molecular weight is 454 g/mol. The van der Waals surface area contributed by atoms with Crippen molar-refractivity contribution in [1.29, 1.82) is 0 Å². The van der Waals surface area contributed by atoms with E-state index < -0.39 is 20.6 Å². The summed E-state index contributed by atoms with van der Waals surface area (Å²) in [7, 11) is -7.66. The van der Waals surface area contributed by atoms with Crippen molar-refractivity contribution in [2.75, 3.05) is 26.4 Å². The van der Waals surface area contributed by atoms with Gasteiger partial charge in [0.05, 0.1) is 26.4 Å². The van der Waals surface area contributed by atoms with Crippen molar-refractivity contribution in [1.82, 2.24) is 0 Å². The fourth-order valence-corrected chi connectivity index (χ4v) is 9.44. The zero-order chi connectivity index (χ0) is 22.3. The summed E-state index contributed by atoms with van der Waals surface area (Å²) in [5, 5.41) is -1.12. The molecular weight excluding hydrogens is 414 g/mol. The molecule has 7 nitrogen and oxygen atoms in total. The van der Waals surface area contributed by atoms with Crippen LogP contribution in [0.25, 0.3) is 0 Å². The third kappa shape index (κ3) is 7.26. The lowest BCUT2D eigenvalue weighted by atomic mass is 9.68. The summed E-state index contributed by atoms with van der Waals surface area (Å²) in [5.41, 5.74) is 0.0571. The first-order chi connectivity index (χ1) is 13.5. The van der Waals surface area contributed by atoms with Gasteiger partial charge in [-0.25, -0.2) is 0 Å². The van der Waals surface area contributed by atoms with E-state index >= 15 is 0 Å². The topological polar surface area (TPSA) is 88.1 Å². The fourth-order valence-electron chi connectivity index (χ4n) is 3.95. The number of carbonyl (C=O) groups excluding carboxylic acids is 1. The minimum absolute atomic E-state index is 0.0571. The summed E-state index contributed by atoms with van der Waals surface area (Å²) >= 11 is 0. The smallest absolute Gasteiger partial charge is 0.308 e. The van der Waals surface area contributed by atoms with Gasteiger partial charge in [0.15, 0.2) is 5.40 Å². The quantitative estimate of drug-likeness (QED) is 0.321. The lowest BCUT2D eigenvalue weighted by Gasteiger charge is -2.39. The molecule has 0 bridgehead atoms. The number of rotatable bonds is 12. The third-order valence-electron chi connectivity index (χ3n) is 5.45. The van der Waals surface area contributed by atoms with Crippen LogP contribution in [0.3, 0.4) is 0 Å². The highest BCUT2D eigenvalue weighted by Crippen LogP contribution is 2.72. The summed E-state index contributed by atoms with van der Waals surface area (Å²) in [6.07, 6.45) is 2.09. The highest BCUT2D eigenvalue weighted by molar-refractivity contribution is 7.72. The van der Waals surface area contributed by atoms with Crippen molar-refractivity contribution < 1.29 is 32.0 Å². The van der Waals surface area contributed by atoms with Crippen LogP contribution in [0.15, 0.2) is 0 Å². The van der Waals surface area contributed by atoms with E-state index in [0.29, 0.717) is 18.8 Å². The van der Waals surface area contributed by atoms with Gasteiger partial charge in [-0.2, -0.15) is 0 Å². The largest absolute Gasteiger partial charge is 0.345 e. The monoisotopic (exact) mass is 454 g/mol. The van der Waals surface area contributed by atoms with E-state index in [1.807, 2.05) is 0 Å². The van der Waals surface area contributed by atoms with Gasteiger partial charge >= 0.3 is 15.2 Å². The van der Waals surface area contributed by atoms with E-state index in [1.54, 1.807) is 27.7 Å². The molecule has 1 saturated carbocycles. The van der Waals surface area contributed by atoms with E-state index in [4.69, 9.17) is 18.1 Å². The Balaban J connectivity index is 3.34. The highest BCUT2D eigenvalue weighted by Gasteiger charge is 2.52. The Bertz CT molecular complexity index is 564. The number of Topliss-reactive ketones (excluding diaryl/α,β-unsaturated/α-hetero) is 1. The van der Waals surface area contributed by atoms with Crippen molar-refractivity contribution in [3.63, 3.8) is 0 Å². The lowest BCUT2D eigenvalue weighted by molar-refractivity contribution is -0.126. The van der Waals surface area contributed by atoms with Crippen LogP contribution in [-0.4, -0.2) is 37.6 Å². The molecule has 0 unspecified atom stereocenters. The van der Waals surface area contributed by atoms with Crippen LogP contribution in [0.4, 0.5) is 0 Å². The molecule has 0 aromatic carbocycles. The molecule has 0 aromatic heterocycles. The molecule has 2 atom stereocenters. The van der Waals surface area contributed by atoms with Crippen LogP contribution >= 0.6 is 15.2 Å². The minimum atomic E-state index is -3.83. The van der Waals surface area contributed by atoms with Gasteiger partial charge < -0.3 is 18.1 Å². The molecule has 0 aliphatic heterocycles. The number of ketones is 1. The van der Waals surface area contributed by atoms with Crippen molar-refractivity contribution in [3.05, 3.63) is 0 Å². The van der Waals surface area contributed by atoms with E-state index in [0.717, 1.165) is 6.42 Å². The van der Waals surface area contributed by atoms with Crippen molar-refractivity contribution in [3.8, 4) is 0 Å². The average Bonchev–Trinajstić information content (AvgIpc) is 2.60. The molecule has 0 amide bonds. The van der Waals surface area contributed by atoms with Crippen LogP contribution in [0.2, 0.25) is 0 Å². The maximum atomic E-state index is 13.7. The molecule has 172 valence electrons. The van der Waals surface area contributed by atoms with E-state index in [1.165, 1.54) is 0 Å². The molecule has 0 radical (unpaired) electrons. The van der Waals surface area contributed by atoms with Crippen LogP contribution in [0, 0.1) is 17.3 Å². The molecule has 29 heavy (non-hydrogen) atoms. The lowest BCUT2D eigenvalue weighted by Crippen LogP contribution is -2.34. The Morgan fingerprint density at radius 1 is 0.897 bits per heavy atom. The summed E-state index contributed by atoms with van der Waals surface area (Å²) < 4.78 is 49.5. The first-order valence-electron chi connectivity index (χ1n) is 10.8. The molecule has 1 aliphatic rings. The highest BCUT2D eigenvalue weighted by atomic mass is 31.2. The van der Waals surface area contributed by atoms with Gasteiger partial charge in [-0.05, 0) is 58.3 Å². The fraction of sp³-hybridized carbons (Fsp3) is 0.950. The summed E-state index contributed by atoms with van der Waals surface area (Å²) in [5.74, 6) is 0.0824. The zero-order valence-corrected chi connectivity index (χ0v) is 20.9. The molecular formula is C20H40O7P2. The first kappa shape index (κ1) is 27.0. The van der Waals surface area contributed by atoms with Crippen LogP contribution < -0.4 is 0 Å². The van der Waals surface area contributed by atoms with Gasteiger partial charge in [0.2, 0.25) is 0 Å². The number of hydrogen-bond acceptors (Lipinski definition) is 7. The molecule has 0 spiro atoms. The molecule has 0 aromatic rings. The van der Waals surface area contributed by atoms with Gasteiger partial charge in [-0.15, -0.1) is 0 Å². The third-order valence-corrected chi connectivity index (χ3v) is 11.5. The van der Waals surface area contributed by atoms with Gasteiger partial charge in [-0.1, -0.05) is 20.8 Å². The van der Waals surface area contributed by atoms with Gasteiger partial charge in [0.1, 0.15) is 5.78 Å². The van der Waals surface area contributed by atoms with Crippen LogP contribution in [0.1, 0.15) is 74.1 Å².